The van der Waals surface area contributed by atoms with Gasteiger partial charge in [0.15, 0.2) is 0 Å². The molecule has 0 heterocycles. The fourth-order valence-corrected chi connectivity index (χ4v) is 2.95. The molecule has 17 heavy (non-hydrogen) atoms. The molecule has 2 rings (SSSR count). The summed E-state index contributed by atoms with van der Waals surface area (Å²) in [6.45, 7) is 4.11. The average molecular weight is 231 g/mol. The van der Waals surface area contributed by atoms with Gasteiger partial charge in [0.2, 0.25) is 0 Å². The molecule has 3 heteroatoms. The summed E-state index contributed by atoms with van der Waals surface area (Å²) in [6.07, 6.45) is 2.10. The predicted octanol–water partition coefficient (Wildman–Crippen LogP) is 2.09. The number of hydrogen-bond donors (Lipinski definition) is 3. The van der Waals surface area contributed by atoms with Crippen molar-refractivity contribution in [2.45, 2.75) is 32.1 Å². The maximum absolute atomic E-state index is 6.21. The van der Waals surface area contributed by atoms with Crippen molar-refractivity contribution >= 4 is 5.69 Å². The zero-order valence-corrected chi connectivity index (χ0v) is 10.5. The first-order valence-electron chi connectivity index (χ1n) is 6.04. The second-order valence-corrected chi connectivity index (χ2v) is 5.32. The van der Waals surface area contributed by atoms with Crippen molar-refractivity contribution in [3.05, 3.63) is 41.2 Å². The second kappa shape index (κ2) is 3.99. The molecule has 1 aromatic carbocycles. The average Bonchev–Trinajstić information content (AvgIpc) is 2.23. The van der Waals surface area contributed by atoms with Crippen LogP contribution in [0.2, 0.25) is 0 Å². The maximum atomic E-state index is 6.21. The van der Waals surface area contributed by atoms with Crippen LogP contribution in [0.1, 0.15) is 32.3 Å². The number of nitrogen functional groups attached to an aromatic ring is 1. The number of rotatable bonds is 2. The first-order chi connectivity index (χ1) is 7.95. The number of nitrogens with two attached hydrogens (primary N) is 3. The van der Waals surface area contributed by atoms with E-state index >= 15 is 0 Å². The second-order valence-electron chi connectivity index (χ2n) is 5.32. The molecule has 1 aliphatic rings. The summed E-state index contributed by atoms with van der Waals surface area (Å²) in [7, 11) is 0. The number of allylic oxidation sites excluding steroid dienone is 2. The monoisotopic (exact) mass is 231 g/mol. The largest absolute Gasteiger partial charge is 0.401 e. The van der Waals surface area contributed by atoms with E-state index in [-0.39, 0.29) is 5.41 Å². The minimum Gasteiger partial charge on any atom is -0.401 e. The number of benzene rings is 1. The molecular weight excluding hydrogens is 210 g/mol. The van der Waals surface area contributed by atoms with Gasteiger partial charge in [-0.3, -0.25) is 0 Å². The molecule has 0 aromatic heterocycles. The van der Waals surface area contributed by atoms with Gasteiger partial charge in [-0.2, -0.15) is 0 Å². The Balaban J connectivity index is 2.47. The van der Waals surface area contributed by atoms with E-state index in [1.165, 1.54) is 5.56 Å². The molecule has 0 atom stereocenters. The molecule has 92 valence electrons. The van der Waals surface area contributed by atoms with E-state index in [1.807, 2.05) is 25.1 Å². The van der Waals surface area contributed by atoms with E-state index < -0.39 is 0 Å². The van der Waals surface area contributed by atoms with E-state index in [9.17, 15) is 0 Å². The lowest BCUT2D eigenvalue weighted by Gasteiger charge is -2.48. The lowest BCUT2D eigenvalue weighted by Crippen LogP contribution is -2.45. The van der Waals surface area contributed by atoms with E-state index in [0.717, 1.165) is 29.9 Å². The maximum Gasteiger partial charge on any atom is 0.0376 e. The van der Waals surface area contributed by atoms with Gasteiger partial charge in [0, 0.05) is 22.5 Å². The molecule has 6 N–H and O–H groups in total. The number of hydrogen-bond acceptors (Lipinski definition) is 3. The van der Waals surface area contributed by atoms with Crippen LogP contribution in [0, 0.1) is 5.92 Å². The zero-order valence-electron chi connectivity index (χ0n) is 10.5. The van der Waals surface area contributed by atoms with Crippen molar-refractivity contribution < 1.29 is 0 Å². The van der Waals surface area contributed by atoms with Crippen molar-refractivity contribution in [1.82, 2.24) is 0 Å². The Hall–Kier alpha value is -1.64. The Morgan fingerprint density at radius 1 is 1.29 bits per heavy atom. The SMILES string of the molecule is C/C(N)=C(/N)C1(c2cccc(N)c2)CC(C)C1. The van der Waals surface area contributed by atoms with Crippen LogP contribution >= 0.6 is 0 Å². The Kier molecular flexibility index (Phi) is 2.77. The van der Waals surface area contributed by atoms with Crippen molar-refractivity contribution in [1.29, 1.82) is 0 Å². The summed E-state index contributed by atoms with van der Waals surface area (Å²) in [5.74, 6) is 0.689. The van der Waals surface area contributed by atoms with Crippen LogP contribution in [0.4, 0.5) is 5.69 Å². The summed E-state index contributed by atoms with van der Waals surface area (Å²) < 4.78 is 0. The lowest BCUT2D eigenvalue weighted by molar-refractivity contribution is 0.192. The minimum atomic E-state index is -0.0897. The highest BCUT2D eigenvalue weighted by molar-refractivity contribution is 5.48. The fourth-order valence-electron chi connectivity index (χ4n) is 2.95. The van der Waals surface area contributed by atoms with Crippen LogP contribution in [0.25, 0.3) is 0 Å². The van der Waals surface area contributed by atoms with Gasteiger partial charge in [-0.05, 0) is 43.4 Å². The lowest BCUT2D eigenvalue weighted by atomic mass is 9.57. The molecule has 0 bridgehead atoms. The Morgan fingerprint density at radius 2 is 1.94 bits per heavy atom. The molecule has 0 unspecified atom stereocenters. The van der Waals surface area contributed by atoms with Crippen LogP contribution in [0.15, 0.2) is 35.7 Å². The quantitative estimate of drug-likeness (QED) is 0.682. The molecule has 0 aliphatic heterocycles. The van der Waals surface area contributed by atoms with E-state index in [1.54, 1.807) is 0 Å². The molecular formula is C14H21N3. The van der Waals surface area contributed by atoms with Crippen molar-refractivity contribution in [2.24, 2.45) is 17.4 Å². The normalized spacial score (nSPS) is 29.4. The molecule has 1 aliphatic carbocycles. The fraction of sp³-hybridized carbons (Fsp3) is 0.429. The summed E-state index contributed by atoms with van der Waals surface area (Å²) in [4.78, 5) is 0. The Labute approximate surface area is 103 Å². The highest BCUT2D eigenvalue weighted by Gasteiger charge is 2.46. The van der Waals surface area contributed by atoms with Crippen molar-refractivity contribution in [2.75, 3.05) is 5.73 Å². The zero-order chi connectivity index (χ0) is 12.6. The van der Waals surface area contributed by atoms with Crippen molar-refractivity contribution in [3.63, 3.8) is 0 Å². The Morgan fingerprint density at radius 3 is 2.41 bits per heavy atom. The summed E-state index contributed by atoms with van der Waals surface area (Å²) >= 11 is 0. The third-order valence-electron chi connectivity index (χ3n) is 3.77. The van der Waals surface area contributed by atoms with Crippen molar-refractivity contribution in [3.8, 4) is 0 Å². The molecule has 1 saturated carbocycles. The summed E-state index contributed by atoms with van der Waals surface area (Å²) in [5.41, 5.74) is 21.4. The van der Waals surface area contributed by atoms with Crippen LogP contribution < -0.4 is 17.2 Å². The third kappa shape index (κ3) is 1.86. The molecule has 3 nitrogen and oxygen atoms in total. The van der Waals surface area contributed by atoms with Gasteiger partial charge in [0.25, 0.3) is 0 Å². The standard InChI is InChI=1S/C14H21N3/c1-9-7-14(8-9,13(17)10(2)15)11-4-3-5-12(16)6-11/h3-6,9H,7-8,15-17H2,1-2H3/b13-10-. The van der Waals surface area contributed by atoms with Crippen LogP contribution in [-0.4, -0.2) is 0 Å². The smallest absolute Gasteiger partial charge is 0.0376 e. The third-order valence-corrected chi connectivity index (χ3v) is 3.77. The van der Waals surface area contributed by atoms with Crippen LogP contribution in [0.5, 0.6) is 0 Å². The van der Waals surface area contributed by atoms with Gasteiger partial charge in [-0.15, -0.1) is 0 Å². The number of anilines is 1. The van der Waals surface area contributed by atoms with Gasteiger partial charge in [0.05, 0.1) is 0 Å². The molecule has 1 fully saturated rings. The Bertz CT molecular complexity index is 452. The molecule has 0 saturated heterocycles. The van der Waals surface area contributed by atoms with Crippen LogP contribution in [-0.2, 0) is 5.41 Å². The minimum absolute atomic E-state index is 0.0897. The topological polar surface area (TPSA) is 78.1 Å². The van der Waals surface area contributed by atoms with E-state index in [0.29, 0.717) is 5.92 Å². The predicted molar refractivity (Wildman–Crippen MR) is 72.0 cm³/mol. The van der Waals surface area contributed by atoms with Gasteiger partial charge in [-0.1, -0.05) is 19.1 Å². The highest BCUT2D eigenvalue weighted by atomic mass is 14.7. The summed E-state index contributed by atoms with van der Waals surface area (Å²) in [5, 5.41) is 0. The highest BCUT2D eigenvalue weighted by Crippen LogP contribution is 2.51. The summed E-state index contributed by atoms with van der Waals surface area (Å²) in [6, 6.07) is 7.99. The van der Waals surface area contributed by atoms with Gasteiger partial charge < -0.3 is 17.2 Å². The first kappa shape index (κ1) is 11.8. The van der Waals surface area contributed by atoms with Crippen LogP contribution in [0.3, 0.4) is 0 Å². The van der Waals surface area contributed by atoms with E-state index in [4.69, 9.17) is 17.2 Å². The van der Waals surface area contributed by atoms with Gasteiger partial charge in [0.1, 0.15) is 0 Å². The molecule has 0 spiro atoms. The van der Waals surface area contributed by atoms with E-state index in [2.05, 4.69) is 13.0 Å². The first-order valence-corrected chi connectivity index (χ1v) is 6.04. The van der Waals surface area contributed by atoms with Gasteiger partial charge >= 0.3 is 0 Å². The van der Waals surface area contributed by atoms with Gasteiger partial charge in [-0.25, -0.2) is 0 Å². The molecule has 0 amide bonds. The molecule has 1 aromatic rings. The molecule has 0 radical (unpaired) electrons.